The van der Waals surface area contributed by atoms with Crippen LogP contribution in [0.25, 0.3) is 10.8 Å². The molecule has 4 aromatic carbocycles. The van der Waals surface area contributed by atoms with E-state index in [0.29, 0.717) is 34.3 Å². The highest BCUT2D eigenvalue weighted by Crippen LogP contribution is 2.36. The largest absolute Gasteiger partial charge is 0.508 e. The first-order valence-electron chi connectivity index (χ1n) is 12.0. The summed E-state index contributed by atoms with van der Waals surface area (Å²) < 4.78 is 12.9. The molecule has 7 nitrogen and oxygen atoms in total. The molecule has 2 atom stereocenters. The predicted octanol–water partition coefficient (Wildman–Crippen LogP) is 7.47. The Labute approximate surface area is 228 Å². The maximum absolute atomic E-state index is 13.2. The number of ether oxygens (including phenoxy) is 2. The molecule has 4 aromatic rings. The van der Waals surface area contributed by atoms with Crippen molar-refractivity contribution in [2.45, 2.75) is 25.0 Å². The number of halogens is 1. The van der Waals surface area contributed by atoms with E-state index in [-0.39, 0.29) is 5.75 Å². The van der Waals surface area contributed by atoms with Gasteiger partial charge in [0.15, 0.2) is 6.10 Å². The second kappa shape index (κ2) is 12.8. The number of phenolic OH excluding ortho intramolecular Hbond substituents is 1. The zero-order valence-electron chi connectivity index (χ0n) is 20.3. The topological polar surface area (TPSA) is 105 Å². The highest BCUT2D eigenvalue weighted by Gasteiger charge is 2.31. The minimum absolute atomic E-state index is 0.0705. The summed E-state index contributed by atoms with van der Waals surface area (Å²) in [6, 6.07) is 27.1. The van der Waals surface area contributed by atoms with Gasteiger partial charge in [-0.2, -0.15) is 0 Å². The quantitative estimate of drug-likeness (QED) is 0.169. The van der Waals surface area contributed by atoms with E-state index in [0.717, 1.165) is 16.8 Å². The highest BCUT2D eigenvalue weighted by molar-refractivity contribution is 9.10. The number of hydrogen-bond donors (Lipinski definition) is 3. The first-order chi connectivity index (χ1) is 18.4. The Morgan fingerprint density at radius 1 is 0.947 bits per heavy atom. The summed E-state index contributed by atoms with van der Waals surface area (Å²) in [5.41, 5.74) is 0.922. The van der Waals surface area contributed by atoms with Crippen LogP contribution in [0, 0.1) is 0 Å². The van der Waals surface area contributed by atoms with Gasteiger partial charge in [-0.05, 0) is 54.6 Å². The monoisotopic (exact) mass is 575 g/mol. The van der Waals surface area contributed by atoms with Gasteiger partial charge in [-0.15, -0.1) is 0 Å². The number of benzene rings is 4. The zero-order valence-corrected chi connectivity index (χ0v) is 21.9. The van der Waals surface area contributed by atoms with Crippen LogP contribution in [-0.4, -0.2) is 28.4 Å². The average molecular weight is 576 g/mol. The van der Waals surface area contributed by atoms with Crippen LogP contribution in [0.4, 0.5) is 10.5 Å². The lowest BCUT2D eigenvalue weighted by molar-refractivity contribution is -0.131. The smallest absolute Gasteiger partial charge is 0.412 e. The molecule has 0 aliphatic heterocycles. The number of nitrogens with one attached hydrogen (secondary N) is 1. The van der Waals surface area contributed by atoms with Crippen molar-refractivity contribution < 1.29 is 29.3 Å². The highest BCUT2D eigenvalue weighted by atomic mass is 79.9. The Bertz CT molecular complexity index is 1430. The third kappa shape index (κ3) is 7.14. The second-order valence-corrected chi connectivity index (χ2v) is 9.38. The minimum Gasteiger partial charge on any atom is -0.508 e. The van der Waals surface area contributed by atoms with E-state index in [2.05, 4.69) is 21.2 Å². The lowest BCUT2D eigenvalue weighted by Gasteiger charge is -2.29. The van der Waals surface area contributed by atoms with E-state index in [1.54, 1.807) is 30.3 Å². The van der Waals surface area contributed by atoms with Gasteiger partial charge in [0.25, 0.3) is 0 Å². The summed E-state index contributed by atoms with van der Waals surface area (Å²) >= 11 is 3.42. The molecule has 0 saturated carbocycles. The number of fused-ring (bicyclic) bond motifs is 1. The molecule has 3 N–H and O–H groups in total. The number of para-hydroxylation sites is 1. The van der Waals surface area contributed by atoms with Crippen molar-refractivity contribution in [1.29, 1.82) is 0 Å². The van der Waals surface area contributed by atoms with Crippen LogP contribution in [0.2, 0.25) is 0 Å². The minimum atomic E-state index is -1.06. The molecule has 0 fully saturated rings. The first-order valence-corrected chi connectivity index (χ1v) is 12.7. The molecule has 0 heterocycles. The lowest BCUT2D eigenvalue weighted by Crippen LogP contribution is -2.31. The number of hydrogen-bond acceptors (Lipinski definition) is 5. The molecule has 0 unspecified atom stereocenters. The molecule has 1 amide bonds. The van der Waals surface area contributed by atoms with Gasteiger partial charge in [0, 0.05) is 21.5 Å². The number of allylic oxidation sites excluding steroid dienone is 1. The van der Waals surface area contributed by atoms with Crippen LogP contribution < -0.4 is 10.1 Å². The van der Waals surface area contributed by atoms with E-state index in [1.807, 2.05) is 54.6 Å². The molecular formula is C30H26BrNO6. The number of carboxylic acids is 1. The van der Waals surface area contributed by atoms with Crippen LogP contribution in [0.5, 0.6) is 11.5 Å². The maximum Gasteiger partial charge on any atom is 0.412 e. The molecular weight excluding hydrogens is 550 g/mol. The Morgan fingerprint density at radius 3 is 2.47 bits per heavy atom. The molecule has 0 spiro atoms. The van der Waals surface area contributed by atoms with Crippen molar-refractivity contribution in [3.8, 4) is 11.5 Å². The number of anilines is 1. The molecule has 8 heteroatoms. The number of aliphatic carboxylic acids is 1. The number of aromatic hydroxyl groups is 1. The average Bonchev–Trinajstić information content (AvgIpc) is 2.91. The van der Waals surface area contributed by atoms with E-state index in [4.69, 9.17) is 14.6 Å². The number of phenols is 1. The summed E-state index contributed by atoms with van der Waals surface area (Å²) in [5.74, 6) is -0.589. The summed E-state index contributed by atoms with van der Waals surface area (Å²) in [6.45, 7) is 0. The fraction of sp³-hybridized carbons (Fsp3) is 0.133. The number of carbonyl (C=O) groups is 2. The fourth-order valence-corrected chi connectivity index (χ4v) is 4.45. The first kappa shape index (κ1) is 26.8. The standard InChI is InChI=1S/C30H26BrNO6/c31-21-17-18-26(33)24(19-21)29(27(15-6-7-16-28(34)35)37-22-11-2-1-3-12-22)38-30(36)32-25-14-8-10-20-9-4-5-13-23(20)25/h1-5,7-14,16-19,27,29,33H,6,15H2,(H,32,36)(H,34,35)/b16-7+/t27-,29-/m0/s1. The Balaban J connectivity index is 1.66. The number of carbonyl (C=O) groups excluding carboxylic acids is 1. The third-order valence-electron chi connectivity index (χ3n) is 5.80. The third-order valence-corrected chi connectivity index (χ3v) is 6.30. The second-order valence-electron chi connectivity index (χ2n) is 8.47. The van der Waals surface area contributed by atoms with Gasteiger partial charge in [0.1, 0.15) is 17.6 Å². The molecule has 0 aromatic heterocycles. The van der Waals surface area contributed by atoms with Crippen LogP contribution in [0.3, 0.4) is 0 Å². The van der Waals surface area contributed by atoms with Crippen molar-refractivity contribution in [3.05, 3.63) is 113 Å². The van der Waals surface area contributed by atoms with Gasteiger partial charge in [-0.25, -0.2) is 9.59 Å². The van der Waals surface area contributed by atoms with Gasteiger partial charge in [-0.1, -0.05) is 76.6 Å². The van der Waals surface area contributed by atoms with Gasteiger partial charge in [0.05, 0.1) is 5.69 Å². The Morgan fingerprint density at radius 2 is 1.68 bits per heavy atom. The Kier molecular flexibility index (Phi) is 9.00. The van der Waals surface area contributed by atoms with E-state index in [9.17, 15) is 14.7 Å². The molecule has 0 aliphatic rings. The number of carboxylic acid groups (broad SMARTS) is 1. The van der Waals surface area contributed by atoms with Crippen LogP contribution in [0.15, 0.2) is 108 Å². The fourth-order valence-electron chi connectivity index (χ4n) is 4.07. The summed E-state index contributed by atoms with van der Waals surface area (Å²) in [6.07, 6.45) is 0.695. The van der Waals surface area contributed by atoms with Crippen molar-refractivity contribution in [3.63, 3.8) is 0 Å². The molecule has 0 radical (unpaired) electrons. The molecule has 194 valence electrons. The summed E-state index contributed by atoms with van der Waals surface area (Å²) in [5, 5.41) is 24.3. The van der Waals surface area contributed by atoms with Gasteiger partial charge in [0.2, 0.25) is 0 Å². The normalized spacial score (nSPS) is 12.7. The zero-order chi connectivity index (χ0) is 26.9. The number of amides is 1. The summed E-state index contributed by atoms with van der Waals surface area (Å²) in [4.78, 5) is 24.2. The van der Waals surface area contributed by atoms with Crippen molar-refractivity contribution >= 4 is 44.5 Å². The lowest BCUT2D eigenvalue weighted by atomic mass is 9.99. The Hall–Kier alpha value is -4.30. The van der Waals surface area contributed by atoms with E-state index >= 15 is 0 Å². The summed E-state index contributed by atoms with van der Waals surface area (Å²) in [7, 11) is 0. The van der Waals surface area contributed by atoms with Crippen molar-refractivity contribution in [1.82, 2.24) is 0 Å². The molecule has 4 rings (SSSR count). The van der Waals surface area contributed by atoms with E-state index in [1.165, 1.54) is 12.1 Å². The van der Waals surface area contributed by atoms with Gasteiger partial charge >= 0.3 is 12.1 Å². The van der Waals surface area contributed by atoms with Crippen molar-refractivity contribution in [2.75, 3.05) is 5.32 Å². The molecule has 38 heavy (non-hydrogen) atoms. The van der Waals surface area contributed by atoms with Gasteiger partial charge < -0.3 is 19.7 Å². The molecule has 0 bridgehead atoms. The van der Waals surface area contributed by atoms with E-state index < -0.39 is 24.3 Å². The van der Waals surface area contributed by atoms with Crippen LogP contribution >= 0.6 is 15.9 Å². The van der Waals surface area contributed by atoms with Crippen LogP contribution in [0.1, 0.15) is 24.5 Å². The maximum atomic E-state index is 13.2. The van der Waals surface area contributed by atoms with Gasteiger partial charge in [-0.3, -0.25) is 5.32 Å². The van der Waals surface area contributed by atoms with Crippen LogP contribution in [-0.2, 0) is 9.53 Å². The SMILES string of the molecule is O=C(O)/C=C/CC[C@H](Oc1ccccc1)[C@@H](OC(=O)Nc1cccc2ccccc12)c1cc(Br)ccc1O. The molecule has 0 aliphatic carbocycles. The van der Waals surface area contributed by atoms with Crippen molar-refractivity contribution in [2.24, 2.45) is 0 Å². The predicted molar refractivity (Wildman–Crippen MR) is 149 cm³/mol. The number of rotatable bonds is 10. The molecule has 0 saturated heterocycles.